The third-order valence-electron chi connectivity index (χ3n) is 11.4. The van der Waals surface area contributed by atoms with Gasteiger partial charge in [-0.15, -0.1) is 21.7 Å². The Balaban J connectivity index is 1.43. The van der Waals surface area contributed by atoms with Crippen LogP contribution in [-0.2, 0) is 38.3 Å². The van der Waals surface area contributed by atoms with Crippen molar-refractivity contribution in [2.24, 2.45) is 28.6 Å². The number of ether oxygens (including phenoxy) is 2. The van der Waals surface area contributed by atoms with Gasteiger partial charge in [-0.25, -0.2) is 0 Å². The van der Waals surface area contributed by atoms with E-state index in [4.69, 9.17) is 21.1 Å². The highest BCUT2D eigenvalue weighted by Crippen LogP contribution is 2.72. The van der Waals surface area contributed by atoms with E-state index in [0.29, 0.717) is 38.5 Å². The lowest BCUT2D eigenvalue weighted by Gasteiger charge is -2.64. The van der Waals surface area contributed by atoms with Crippen molar-refractivity contribution in [1.82, 2.24) is 5.32 Å². The summed E-state index contributed by atoms with van der Waals surface area (Å²) in [6.45, 7) is 6.58. The standard InChI is InChI=1S/C34H47ClN2O11/c1-5-29(42)48-34(27(40)20-46-30(43)13-15-36-28(41)9-7-6-8-16-47-37(44)45)21(2)17-25-24-11-10-22-18-23(38)12-14-31(22,3)33(24,35)26(39)19-32(25,34)4/h12,14,18,21,24-26,39H,5-11,13,15-17,19-20H2,1-4H3,(H,36,41)/t21-,24?,25?,26-,31-,32-,33-,34-/m0/s1. The van der Waals surface area contributed by atoms with E-state index in [0.717, 1.165) is 5.57 Å². The maximum Gasteiger partial charge on any atom is 0.308 e. The van der Waals surface area contributed by atoms with Gasteiger partial charge in [0.15, 0.2) is 18.0 Å². The van der Waals surface area contributed by atoms with E-state index in [1.54, 1.807) is 19.1 Å². The zero-order valence-electron chi connectivity index (χ0n) is 28.1. The van der Waals surface area contributed by atoms with Crippen molar-refractivity contribution in [2.75, 3.05) is 19.8 Å². The highest BCUT2D eigenvalue weighted by molar-refractivity contribution is 6.26. The number of aliphatic hydroxyl groups excluding tert-OH is 1. The van der Waals surface area contributed by atoms with E-state index in [9.17, 15) is 39.2 Å². The first-order valence-corrected chi connectivity index (χ1v) is 17.2. The molecule has 4 aliphatic carbocycles. The number of hydrogen-bond acceptors (Lipinski definition) is 11. The van der Waals surface area contributed by atoms with E-state index < -0.39 is 62.7 Å². The second-order valence-corrected chi connectivity index (χ2v) is 14.6. The predicted octanol–water partition coefficient (Wildman–Crippen LogP) is 3.95. The number of aliphatic hydroxyl groups is 1. The fourth-order valence-electron chi connectivity index (χ4n) is 9.07. The highest BCUT2D eigenvalue weighted by atomic mass is 35.5. The molecule has 14 heteroatoms. The Morgan fingerprint density at radius 2 is 1.85 bits per heavy atom. The summed E-state index contributed by atoms with van der Waals surface area (Å²) < 4.78 is 11.5. The molecule has 0 heterocycles. The van der Waals surface area contributed by atoms with Gasteiger partial charge in [0, 0.05) is 36.1 Å². The number of Topliss-reactive ketones (excluding diaryl/α,β-unsaturated/α-hetero) is 1. The number of hydrogen-bond donors (Lipinski definition) is 2. The molecule has 4 aliphatic rings. The van der Waals surface area contributed by atoms with E-state index in [1.165, 1.54) is 6.08 Å². The maximum absolute atomic E-state index is 14.2. The number of carbonyl (C=O) groups excluding carboxylic acids is 5. The zero-order chi connectivity index (χ0) is 35.5. The summed E-state index contributed by atoms with van der Waals surface area (Å²) in [7, 11) is 0. The summed E-state index contributed by atoms with van der Waals surface area (Å²) >= 11 is 7.53. The van der Waals surface area contributed by atoms with Gasteiger partial charge in [0.05, 0.1) is 24.0 Å². The lowest BCUT2D eigenvalue weighted by atomic mass is 9.45. The molecular formula is C34H47ClN2O11. The number of nitrogens with one attached hydrogen (secondary N) is 1. The van der Waals surface area contributed by atoms with Crippen molar-refractivity contribution >= 4 is 41.0 Å². The van der Waals surface area contributed by atoms with Crippen LogP contribution < -0.4 is 5.32 Å². The lowest BCUT2D eigenvalue weighted by molar-refractivity contribution is -0.757. The van der Waals surface area contributed by atoms with Gasteiger partial charge in [-0.2, -0.15) is 0 Å². The van der Waals surface area contributed by atoms with Crippen LogP contribution >= 0.6 is 11.6 Å². The molecule has 1 amide bonds. The van der Waals surface area contributed by atoms with Crippen molar-refractivity contribution in [1.29, 1.82) is 0 Å². The minimum Gasteiger partial charge on any atom is -0.457 e. The van der Waals surface area contributed by atoms with Crippen molar-refractivity contribution < 1.29 is 48.5 Å². The van der Waals surface area contributed by atoms with Crippen molar-refractivity contribution in [2.45, 2.75) is 108 Å². The van der Waals surface area contributed by atoms with Crippen LogP contribution in [0, 0.1) is 38.7 Å². The summed E-state index contributed by atoms with van der Waals surface area (Å²) in [5, 5.41) is 23.8. The number of alkyl halides is 1. The summed E-state index contributed by atoms with van der Waals surface area (Å²) in [6, 6.07) is 0. The van der Waals surface area contributed by atoms with Gasteiger partial charge in [0.2, 0.25) is 11.7 Å². The molecule has 0 radical (unpaired) electrons. The largest absolute Gasteiger partial charge is 0.457 e. The van der Waals surface area contributed by atoms with Crippen LogP contribution in [0.3, 0.4) is 0 Å². The van der Waals surface area contributed by atoms with Crippen molar-refractivity contribution in [3.8, 4) is 0 Å². The monoisotopic (exact) mass is 694 g/mol. The summed E-state index contributed by atoms with van der Waals surface area (Å²) in [5.74, 6) is -3.24. The number of unbranched alkanes of at least 4 members (excludes halogenated alkanes) is 2. The summed E-state index contributed by atoms with van der Waals surface area (Å²) in [5.41, 5.74) is -2.63. The average molecular weight is 695 g/mol. The van der Waals surface area contributed by atoms with Gasteiger partial charge in [0.1, 0.15) is 0 Å². The molecule has 2 N–H and O–H groups in total. The SMILES string of the molecule is CCC(=O)O[C@]1(C(=O)COC(=O)CCNC(=O)CCCCCO[N+](=O)[O-])[C@@H](C)CC2C3CCC4=CC(=O)C=C[C@]4(C)[C@@]3(Cl)[C@@H](O)C[C@@]21C. The Kier molecular flexibility index (Phi) is 11.4. The average Bonchev–Trinajstić information content (AvgIpc) is 3.24. The Labute approximate surface area is 285 Å². The molecule has 13 nitrogen and oxygen atoms in total. The van der Waals surface area contributed by atoms with Crippen molar-refractivity contribution in [3.05, 3.63) is 33.9 Å². The van der Waals surface area contributed by atoms with E-state index in [-0.39, 0.29) is 62.4 Å². The number of nitrogens with zero attached hydrogens (tertiary/aromatic N) is 1. The molecule has 0 spiro atoms. The molecule has 3 fully saturated rings. The Morgan fingerprint density at radius 3 is 2.54 bits per heavy atom. The Bertz CT molecular complexity index is 1380. The molecule has 266 valence electrons. The molecule has 0 aromatic heterocycles. The van der Waals surface area contributed by atoms with Gasteiger partial charge in [-0.05, 0) is 62.5 Å². The number of fused-ring (bicyclic) bond motifs is 5. The zero-order valence-corrected chi connectivity index (χ0v) is 28.8. The number of allylic oxidation sites excluding steroid dienone is 4. The molecular weight excluding hydrogens is 648 g/mol. The quantitative estimate of drug-likeness (QED) is 0.0830. The minimum atomic E-state index is -1.68. The molecule has 0 aromatic carbocycles. The first-order valence-electron chi connectivity index (χ1n) is 16.8. The number of amides is 1. The molecule has 3 saturated carbocycles. The van der Waals surface area contributed by atoms with Crippen LogP contribution in [0.5, 0.6) is 0 Å². The number of halogens is 1. The van der Waals surface area contributed by atoms with Gasteiger partial charge in [-0.3, -0.25) is 24.0 Å². The number of rotatable bonds is 15. The van der Waals surface area contributed by atoms with Crippen LogP contribution in [0.15, 0.2) is 23.8 Å². The third-order valence-corrected chi connectivity index (χ3v) is 12.3. The summed E-state index contributed by atoms with van der Waals surface area (Å²) in [4.78, 5) is 77.4. The van der Waals surface area contributed by atoms with Gasteiger partial charge in [-0.1, -0.05) is 45.8 Å². The minimum absolute atomic E-state index is 0.0105. The normalized spacial score (nSPS) is 35.0. The van der Waals surface area contributed by atoms with Gasteiger partial charge >= 0.3 is 11.9 Å². The number of carbonyl (C=O) groups is 5. The number of esters is 2. The predicted molar refractivity (Wildman–Crippen MR) is 172 cm³/mol. The first-order chi connectivity index (χ1) is 22.6. The Hall–Kier alpha value is -3.32. The van der Waals surface area contributed by atoms with Crippen LogP contribution in [0.1, 0.15) is 91.9 Å². The van der Waals surface area contributed by atoms with Crippen molar-refractivity contribution in [3.63, 3.8) is 0 Å². The molecule has 8 atom stereocenters. The lowest BCUT2D eigenvalue weighted by Crippen LogP contribution is -2.69. The molecule has 2 unspecified atom stereocenters. The van der Waals surface area contributed by atoms with Gasteiger partial charge < -0.3 is 24.7 Å². The Morgan fingerprint density at radius 1 is 1.12 bits per heavy atom. The van der Waals surface area contributed by atoms with E-state index in [1.807, 2.05) is 20.8 Å². The van der Waals surface area contributed by atoms with Crippen LogP contribution in [0.2, 0.25) is 0 Å². The summed E-state index contributed by atoms with van der Waals surface area (Å²) in [6.07, 6.45) is 7.01. The second kappa shape index (κ2) is 14.7. The van der Waals surface area contributed by atoms with Crippen LogP contribution in [0.25, 0.3) is 0 Å². The first kappa shape index (κ1) is 37.5. The smallest absolute Gasteiger partial charge is 0.308 e. The molecule has 0 aliphatic heterocycles. The van der Waals surface area contributed by atoms with Crippen LogP contribution in [-0.4, -0.2) is 75.9 Å². The number of ketones is 2. The molecule has 0 bridgehead atoms. The topological polar surface area (TPSA) is 188 Å². The second-order valence-electron chi connectivity index (χ2n) is 14.0. The molecule has 48 heavy (non-hydrogen) atoms. The molecule has 0 saturated heterocycles. The molecule has 0 aromatic rings. The molecule has 4 rings (SSSR count). The fourth-order valence-corrected chi connectivity index (χ4v) is 9.59. The third kappa shape index (κ3) is 6.64. The highest BCUT2D eigenvalue weighted by Gasteiger charge is 2.76. The van der Waals surface area contributed by atoms with E-state index >= 15 is 0 Å². The van der Waals surface area contributed by atoms with E-state index in [2.05, 4.69) is 10.2 Å². The van der Waals surface area contributed by atoms with Crippen LogP contribution in [0.4, 0.5) is 0 Å². The fraction of sp³-hybridized carbons (Fsp3) is 0.735. The van der Waals surface area contributed by atoms with Gasteiger partial charge in [0.25, 0.3) is 5.09 Å². The maximum atomic E-state index is 14.2.